The lowest BCUT2D eigenvalue weighted by atomic mass is 9.98. The molecule has 4 heteroatoms. The fourth-order valence-electron chi connectivity index (χ4n) is 3.16. The van der Waals surface area contributed by atoms with Crippen molar-refractivity contribution >= 4 is 11.8 Å². The Bertz CT molecular complexity index is 1070. The van der Waals surface area contributed by atoms with Crippen molar-refractivity contribution in [1.29, 1.82) is 0 Å². The molecule has 0 bridgehead atoms. The summed E-state index contributed by atoms with van der Waals surface area (Å²) in [5.74, 6) is 8.13. The number of benzene rings is 2. The van der Waals surface area contributed by atoms with Gasteiger partial charge in [0.1, 0.15) is 0 Å². The molecule has 0 saturated carbocycles. The van der Waals surface area contributed by atoms with E-state index in [1.807, 2.05) is 23.9 Å². The van der Waals surface area contributed by atoms with Crippen LogP contribution >= 0.6 is 11.8 Å². The molecule has 0 saturated heterocycles. The summed E-state index contributed by atoms with van der Waals surface area (Å²) in [5, 5.41) is 0. The van der Waals surface area contributed by atoms with Crippen LogP contribution in [0.4, 0.5) is 0 Å². The summed E-state index contributed by atoms with van der Waals surface area (Å²) in [6, 6.07) is 17.3. The highest BCUT2D eigenvalue weighted by Crippen LogP contribution is 2.28. The number of nitrogens with zero attached hydrogens (tertiary/aromatic N) is 2. The second-order valence-corrected chi connectivity index (χ2v) is 9.80. The van der Waals surface area contributed by atoms with Crippen molar-refractivity contribution in [1.82, 2.24) is 9.88 Å². The summed E-state index contributed by atoms with van der Waals surface area (Å²) in [6.45, 7) is 11.4. The van der Waals surface area contributed by atoms with Crippen molar-refractivity contribution in [2.45, 2.75) is 44.9 Å². The molecule has 0 radical (unpaired) electrons. The first-order valence-corrected chi connectivity index (χ1v) is 12.0. The molecule has 0 amide bonds. The molecule has 2 aromatic carbocycles. The van der Waals surface area contributed by atoms with Gasteiger partial charge in [-0.25, -0.2) is 4.98 Å². The minimum Gasteiger partial charge on any atom is -0.444 e. The fraction of sp³-hybridized carbons (Fsp3) is 0.321. The molecular formula is C28H32N2OS. The Labute approximate surface area is 196 Å². The third-order valence-electron chi connectivity index (χ3n) is 4.81. The highest BCUT2D eigenvalue weighted by atomic mass is 32.2. The van der Waals surface area contributed by atoms with Gasteiger partial charge < -0.3 is 4.42 Å². The monoisotopic (exact) mass is 444 g/mol. The van der Waals surface area contributed by atoms with Crippen LogP contribution < -0.4 is 0 Å². The number of allylic oxidation sites excluding steroid dienone is 1. The summed E-state index contributed by atoms with van der Waals surface area (Å²) in [5.41, 5.74) is 3.78. The fourth-order valence-corrected chi connectivity index (χ4v) is 4.06. The maximum absolute atomic E-state index is 5.42. The molecule has 0 atom stereocenters. The van der Waals surface area contributed by atoms with E-state index in [1.165, 1.54) is 22.4 Å². The van der Waals surface area contributed by atoms with E-state index in [1.54, 1.807) is 6.20 Å². The summed E-state index contributed by atoms with van der Waals surface area (Å²) < 4.78 is 5.42. The largest absolute Gasteiger partial charge is 0.444 e. The molecule has 0 N–H and O–H groups in total. The van der Waals surface area contributed by atoms with E-state index in [9.17, 15) is 0 Å². The van der Waals surface area contributed by atoms with Crippen molar-refractivity contribution in [3.63, 3.8) is 0 Å². The quantitative estimate of drug-likeness (QED) is 0.261. The zero-order chi connectivity index (χ0) is 22.8. The summed E-state index contributed by atoms with van der Waals surface area (Å²) >= 11 is 1.84. The molecule has 0 aliphatic carbocycles. The van der Waals surface area contributed by atoms with E-state index in [4.69, 9.17) is 4.42 Å². The first kappa shape index (κ1) is 23.9. The lowest BCUT2D eigenvalue weighted by Crippen LogP contribution is -2.22. The normalized spacial score (nSPS) is 11.7. The van der Waals surface area contributed by atoms with Crippen molar-refractivity contribution in [2.75, 3.05) is 13.1 Å². The molecule has 32 heavy (non-hydrogen) atoms. The highest BCUT2D eigenvalue weighted by molar-refractivity contribution is 7.98. The lowest BCUT2D eigenvalue weighted by Gasteiger charge is -2.19. The Morgan fingerprint density at radius 1 is 1.09 bits per heavy atom. The number of oxazole rings is 1. The van der Waals surface area contributed by atoms with E-state index < -0.39 is 0 Å². The summed E-state index contributed by atoms with van der Waals surface area (Å²) in [4.78, 5) is 7.65. The van der Waals surface area contributed by atoms with Gasteiger partial charge in [-0.05, 0) is 56.7 Å². The van der Waals surface area contributed by atoms with Crippen LogP contribution in [-0.2, 0) is 12.3 Å². The van der Waals surface area contributed by atoms with Gasteiger partial charge in [0.05, 0.1) is 6.20 Å². The first-order valence-electron chi connectivity index (χ1n) is 11.0. The highest BCUT2D eigenvalue weighted by Gasteiger charge is 2.06. The molecule has 0 fully saturated rings. The van der Waals surface area contributed by atoms with Crippen LogP contribution in [0.5, 0.6) is 0 Å². The maximum atomic E-state index is 5.42. The Kier molecular flexibility index (Phi) is 8.79. The smallest absolute Gasteiger partial charge is 0.181 e. The predicted octanol–water partition coefficient (Wildman–Crippen LogP) is 7.06. The maximum Gasteiger partial charge on any atom is 0.181 e. The van der Waals surface area contributed by atoms with E-state index in [0.717, 1.165) is 36.7 Å². The lowest BCUT2D eigenvalue weighted by molar-refractivity contribution is 0.311. The standard InChI is InChI=1S/C28H32N2OS/c1-5-30(16-8-6-7-15-28(2,3)4)20-23-11-9-12-24(17-23)21-32-26-14-10-13-25(18-26)27-19-29-22-31-27/h6,8-14,17-19,22H,5,16,20-21H2,1-4H3. The van der Waals surface area contributed by atoms with Crippen LogP contribution in [-0.4, -0.2) is 23.0 Å². The van der Waals surface area contributed by atoms with Gasteiger partial charge in [0, 0.05) is 34.7 Å². The molecular weight excluding hydrogens is 412 g/mol. The zero-order valence-corrected chi connectivity index (χ0v) is 20.3. The van der Waals surface area contributed by atoms with Crippen molar-refractivity contribution in [3.05, 3.63) is 84.4 Å². The number of thioether (sulfide) groups is 1. The molecule has 0 spiro atoms. The number of likely N-dealkylation sites (N-methyl/N-ethyl adjacent to an activating group) is 1. The molecule has 0 aliphatic heterocycles. The molecule has 0 aliphatic rings. The predicted molar refractivity (Wildman–Crippen MR) is 135 cm³/mol. The second-order valence-electron chi connectivity index (χ2n) is 8.75. The van der Waals surface area contributed by atoms with Gasteiger partial charge in [0.2, 0.25) is 0 Å². The number of hydrogen-bond donors (Lipinski definition) is 0. The van der Waals surface area contributed by atoms with Crippen LogP contribution in [0.1, 0.15) is 38.8 Å². The molecule has 0 unspecified atom stereocenters. The molecule has 1 aromatic heterocycles. The van der Waals surface area contributed by atoms with Crippen LogP contribution in [0.3, 0.4) is 0 Å². The average molecular weight is 445 g/mol. The van der Waals surface area contributed by atoms with Gasteiger partial charge in [-0.3, -0.25) is 4.90 Å². The molecule has 3 aromatic rings. The van der Waals surface area contributed by atoms with Crippen molar-refractivity contribution in [3.8, 4) is 23.2 Å². The Morgan fingerprint density at radius 2 is 1.91 bits per heavy atom. The third kappa shape index (κ3) is 8.07. The minimum atomic E-state index is 0.0462. The Morgan fingerprint density at radius 3 is 2.66 bits per heavy atom. The summed E-state index contributed by atoms with van der Waals surface area (Å²) in [6.07, 6.45) is 7.35. The van der Waals surface area contributed by atoms with Gasteiger partial charge in [-0.1, -0.05) is 61.2 Å². The van der Waals surface area contributed by atoms with Crippen LogP contribution in [0.2, 0.25) is 0 Å². The van der Waals surface area contributed by atoms with E-state index in [-0.39, 0.29) is 5.41 Å². The summed E-state index contributed by atoms with van der Waals surface area (Å²) in [7, 11) is 0. The van der Waals surface area contributed by atoms with Crippen LogP contribution in [0, 0.1) is 17.3 Å². The Balaban J connectivity index is 1.56. The first-order chi connectivity index (χ1) is 15.4. The van der Waals surface area contributed by atoms with E-state index in [2.05, 4.69) is 98.0 Å². The zero-order valence-electron chi connectivity index (χ0n) is 19.5. The Hall–Kier alpha value is -2.74. The van der Waals surface area contributed by atoms with Gasteiger partial charge in [0.25, 0.3) is 0 Å². The van der Waals surface area contributed by atoms with Gasteiger partial charge in [-0.15, -0.1) is 11.8 Å². The van der Waals surface area contributed by atoms with Gasteiger partial charge in [0.15, 0.2) is 12.2 Å². The average Bonchev–Trinajstić information content (AvgIpc) is 3.31. The molecule has 3 nitrogen and oxygen atoms in total. The van der Waals surface area contributed by atoms with E-state index in [0.29, 0.717) is 0 Å². The van der Waals surface area contributed by atoms with Crippen molar-refractivity contribution < 1.29 is 4.42 Å². The minimum absolute atomic E-state index is 0.0462. The SMILES string of the molecule is CCN(CC=CC#CC(C)(C)C)Cc1cccc(CSc2cccc(-c3cnco3)c2)c1. The van der Waals surface area contributed by atoms with Gasteiger partial charge in [-0.2, -0.15) is 0 Å². The molecule has 166 valence electrons. The van der Waals surface area contributed by atoms with E-state index >= 15 is 0 Å². The number of hydrogen-bond acceptors (Lipinski definition) is 4. The topological polar surface area (TPSA) is 29.3 Å². The van der Waals surface area contributed by atoms with Crippen molar-refractivity contribution in [2.24, 2.45) is 5.41 Å². The van der Waals surface area contributed by atoms with Gasteiger partial charge >= 0.3 is 0 Å². The third-order valence-corrected chi connectivity index (χ3v) is 5.88. The number of aromatic nitrogens is 1. The molecule has 1 heterocycles. The van der Waals surface area contributed by atoms with Crippen LogP contribution in [0.15, 0.2) is 82.6 Å². The molecule has 3 rings (SSSR count). The van der Waals surface area contributed by atoms with Crippen LogP contribution in [0.25, 0.3) is 11.3 Å². The number of rotatable bonds is 9. The second kappa shape index (κ2) is 11.8.